The van der Waals surface area contributed by atoms with Crippen LogP contribution >= 0.6 is 0 Å². The molecule has 0 aliphatic rings. The van der Waals surface area contributed by atoms with E-state index in [0.29, 0.717) is 22.3 Å². The van der Waals surface area contributed by atoms with Gasteiger partial charge in [-0.05, 0) is 38.1 Å². The van der Waals surface area contributed by atoms with Crippen LogP contribution < -0.4 is 0 Å². The summed E-state index contributed by atoms with van der Waals surface area (Å²) in [6.07, 6.45) is 0. The number of aryl methyl sites for hydroxylation is 2. The van der Waals surface area contributed by atoms with Crippen molar-refractivity contribution < 1.29 is 9.59 Å². The van der Waals surface area contributed by atoms with Crippen LogP contribution in [-0.4, -0.2) is 11.6 Å². The summed E-state index contributed by atoms with van der Waals surface area (Å²) in [6, 6.07) is 29.7. The molecule has 0 fully saturated rings. The lowest BCUT2D eigenvalue weighted by Gasteiger charge is -2.03. The van der Waals surface area contributed by atoms with Crippen molar-refractivity contribution >= 4 is 11.6 Å². The Bertz CT molecular complexity index is 1240. The molecule has 0 saturated carbocycles. The summed E-state index contributed by atoms with van der Waals surface area (Å²) in [5.74, 6) is 6.18. The van der Waals surface area contributed by atoms with Crippen molar-refractivity contribution in [2.45, 2.75) is 13.8 Å². The summed E-state index contributed by atoms with van der Waals surface area (Å²) >= 11 is 0. The van der Waals surface area contributed by atoms with Gasteiger partial charge >= 0.3 is 0 Å². The maximum absolute atomic E-state index is 12.8. The van der Waals surface area contributed by atoms with E-state index in [4.69, 9.17) is 0 Å². The number of carbonyl (C=O) groups excluding carboxylic acids is 2. The molecule has 2 nitrogen and oxygen atoms in total. The SMILES string of the molecule is Cc1ccc(C(=O)c2cccc(C#Cc3cccc(C(=O)c4ccc(C)cc4)c3)c2)cc1. The van der Waals surface area contributed by atoms with Crippen LogP contribution in [0.4, 0.5) is 0 Å². The van der Waals surface area contributed by atoms with E-state index < -0.39 is 0 Å². The Kier molecular flexibility index (Phi) is 6.10. The molecular weight excluding hydrogens is 392 g/mol. The van der Waals surface area contributed by atoms with Crippen LogP contribution in [0.3, 0.4) is 0 Å². The monoisotopic (exact) mass is 414 g/mol. The van der Waals surface area contributed by atoms with Crippen molar-refractivity contribution in [2.24, 2.45) is 0 Å². The van der Waals surface area contributed by atoms with Gasteiger partial charge in [0.25, 0.3) is 0 Å². The molecule has 32 heavy (non-hydrogen) atoms. The standard InChI is InChI=1S/C30H22O2/c1-21-9-15-25(16-10-21)29(31)27-7-3-5-23(19-27)13-14-24-6-4-8-28(20-24)30(32)26-17-11-22(2)12-18-26/h3-12,15-20H,1-2H3. The van der Waals surface area contributed by atoms with E-state index in [1.54, 1.807) is 24.3 Å². The van der Waals surface area contributed by atoms with Crippen LogP contribution in [0.25, 0.3) is 0 Å². The second-order valence-electron chi connectivity index (χ2n) is 7.80. The highest BCUT2D eigenvalue weighted by molar-refractivity contribution is 6.09. The third-order valence-electron chi connectivity index (χ3n) is 5.23. The van der Waals surface area contributed by atoms with Crippen molar-refractivity contribution in [3.63, 3.8) is 0 Å². The molecule has 0 N–H and O–H groups in total. The molecule has 0 bridgehead atoms. The topological polar surface area (TPSA) is 34.1 Å². The normalized spacial score (nSPS) is 10.2. The summed E-state index contributed by atoms with van der Waals surface area (Å²) < 4.78 is 0. The van der Waals surface area contributed by atoms with Gasteiger partial charge in [0.15, 0.2) is 11.6 Å². The molecule has 4 aromatic carbocycles. The minimum Gasteiger partial charge on any atom is -0.289 e. The van der Waals surface area contributed by atoms with Crippen molar-refractivity contribution in [2.75, 3.05) is 0 Å². The summed E-state index contributed by atoms with van der Waals surface area (Å²) in [5.41, 5.74) is 6.24. The number of ketones is 2. The van der Waals surface area contributed by atoms with Gasteiger partial charge in [-0.2, -0.15) is 0 Å². The molecule has 0 atom stereocenters. The van der Waals surface area contributed by atoms with E-state index >= 15 is 0 Å². The van der Waals surface area contributed by atoms with Crippen LogP contribution in [0, 0.1) is 25.7 Å². The van der Waals surface area contributed by atoms with Gasteiger partial charge < -0.3 is 0 Å². The first kappa shape index (κ1) is 21.0. The molecule has 0 spiro atoms. The minimum atomic E-state index is -0.0284. The number of rotatable bonds is 4. The fourth-order valence-corrected chi connectivity index (χ4v) is 3.36. The smallest absolute Gasteiger partial charge is 0.193 e. The van der Waals surface area contributed by atoms with Crippen LogP contribution in [0.15, 0.2) is 97.1 Å². The first-order valence-corrected chi connectivity index (χ1v) is 10.4. The average molecular weight is 415 g/mol. The molecule has 2 heteroatoms. The van der Waals surface area contributed by atoms with E-state index in [1.165, 1.54) is 0 Å². The highest BCUT2D eigenvalue weighted by atomic mass is 16.1. The Morgan fingerprint density at radius 2 is 0.875 bits per heavy atom. The van der Waals surface area contributed by atoms with Crippen LogP contribution in [-0.2, 0) is 0 Å². The number of hydrogen-bond acceptors (Lipinski definition) is 2. The molecule has 4 aromatic rings. The Balaban J connectivity index is 1.56. The van der Waals surface area contributed by atoms with Gasteiger partial charge in [0, 0.05) is 33.4 Å². The predicted octanol–water partition coefficient (Wildman–Crippen LogP) is 6.17. The molecule has 0 radical (unpaired) electrons. The Morgan fingerprint density at radius 3 is 1.25 bits per heavy atom. The highest BCUT2D eigenvalue weighted by Crippen LogP contribution is 2.14. The predicted molar refractivity (Wildman–Crippen MR) is 128 cm³/mol. The van der Waals surface area contributed by atoms with Crippen LogP contribution in [0.5, 0.6) is 0 Å². The quantitative estimate of drug-likeness (QED) is 0.296. The molecular formula is C30H22O2. The zero-order valence-electron chi connectivity index (χ0n) is 18.1. The molecule has 0 unspecified atom stereocenters. The van der Waals surface area contributed by atoms with E-state index in [1.807, 2.05) is 86.6 Å². The Labute approximate surface area is 188 Å². The minimum absolute atomic E-state index is 0.0284. The van der Waals surface area contributed by atoms with Gasteiger partial charge in [0.2, 0.25) is 0 Å². The molecule has 154 valence electrons. The van der Waals surface area contributed by atoms with Crippen molar-refractivity contribution in [3.05, 3.63) is 142 Å². The lowest BCUT2D eigenvalue weighted by molar-refractivity contribution is 0.103. The lowest BCUT2D eigenvalue weighted by Crippen LogP contribution is -2.01. The van der Waals surface area contributed by atoms with Crippen molar-refractivity contribution in [3.8, 4) is 11.8 Å². The first-order chi connectivity index (χ1) is 15.5. The van der Waals surface area contributed by atoms with Crippen molar-refractivity contribution in [1.82, 2.24) is 0 Å². The third-order valence-corrected chi connectivity index (χ3v) is 5.23. The summed E-state index contributed by atoms with van der Waals surface area (Å²) in [6.45, 7) is 3.99. The third kappa shape index (κ3) is 4.91. The zero-order valence-corrected chi connectivity index (χ0v) is 18.1. The van der Waals surface area contributed by atoms with E-state index in [0.717, 1.165) is 22.3 Å². The van der Waals surface area contributed by atoms with E-state index in [2.05, 4.69) is 11.8 Å². The lowest BCUT2D eigenvalue weighted by atomic mass is 9.99. The van der Waals surface area contributed by atoms with Crippen LogP contribution in [0.2, 0.25) is 0 Å². The fraction of sp³-hybridized carbons (Fsp3) is 0.0667. The van der Waals surface area contributed by atoms with Gasteiger partial charge in [-0.25, -0.2) is 0 Å². The van der Waals surface area contributed by atoms with Gasteiger partial charge in [-0.3, -0.25) is 9.59 Å². The second-order valence-corrected chi connectivity index (χ2v) is 7.80. The maximum Gasteiger partial charge on any atom is 0.193 e. The molecule has 0 saturated heterocycles. The van der Waals surface area contributed by atoms with Gasteiger partial charge in [0.05, 0.1) is 0 Å². The molecule has 4 rings (SSSR count). The number of benzene rings is 4. The molecule has 0 aromatic heterocycles. The highest BCUT2D eigenvalue weighted by Gasteiger charge is 2.10. The summed E-state index contributed by atoms with van der Waals surface area (Å²) in [5, 5.41) is 0. The second kappa shape index (κ2) is 9.29. The van der Waals surface area contributed by atoms with Crippen LogP contribution in [0.1, 0.15) is 54.1 Å². The molecule has 0 amide bonds. The largest absolute Gasteiger partial charge is 0.289 e. The zero-order chi connectivity index (χ0) is 22.5. The van der Waals surface area contributed by atoms with Gasteiger partial charge in [-0.1, -0.05) is 95.8 Å². The van der Waals surface area contributed by atoms with Crippen molar-refractivity contribution in [1.29, 1.82) is 0 Å². The van der Waals surface area contributed by atoms with E-state index in [9.17, 15) is 9.59 Å². The Morgan fingerprint density at radius 1 is 0.500 bits per heavy atom. The van der Waals surface area contributed by atoms with E-state index in [-0.39, 0.29) is 11.6 Å². The maximum atomic E-state index is 12.8. The average Bonchev–Trinajstić information content (AvgIpc) is 2.83. The summed E-state index contributed by atoms with van der Waals surface area (Å²) in [4.78, 5) is 25.5. The molecule has 0 heterocycles. The fourth-order valence-electron chi connectivity index (χ4n) is 3.36. The Hall–Kier alpha value is -4.22. The molecule has 0 aliphatic carbocycles. The number of carbonyl (C=O) groups is 2. The van der Waals surface area contributed by atoms with Gasteiger partial charge in [0.1, 0.15) is 0 Å². The summed E-state index contributed by atoms with van der Waals surface area (Å²) in [7, 11) is 0. The number of hydrogen-bond donors (Lipinski definition) is 0. The molecule has 0 aliphatic heterocycles. The van der Waals surface area contributed by atoms with Gasteiger partial charge in [-0.15, -0.1) is 0 Å². The first-order valence-electron chi connectivity index (χ1n) is 10.4.